The first-order chi connectivity index (χ1) is 24.3. The summed E-state index contributed by atoms with van der Waals surface area (Å²) in [6.45, 7) is 0. The minimum atomic E-state index is 0.961. The van der Waals surface area contributed by atoms with Gasteiger partial charge in [0.15, 0.2) is 0 Å². The van der Waals surface area contributed by atoms with Gasteiger partial charge in [0.1, 0.15) is 0 Å². The summed E-state index contributed by atoms with van der Waals surface area (Å²) < 4.78 is 2.36. The Bertz CT molecular complexity index is 2500. The Hall–Kier alpha value is -6.65. The Morgan fingerprint density at radius 2 is 0.918 bits per heavy atom. The van der Waals surface area contributed by atoms with Crippen LogP contribution in [0.15, 0.2) is 194 Å². The van der Waals surface area contributed by atoms with E-state index in [2.05, 4.69) is 196 Å². The molecule has 0 aliphatic rings. The molecular formula is C45H32N4. The minimum Gasteiger partial charge on any atom is -0.311 e. The van der Waals surface area contributed by atoms with Crippen LogP contribution in [0.4, 0.5) is 34.1 Å². The highest BCUT2D eigenvalue weighted by Crippen LogP contribution is 2.43. The van der Waals surface area contributed by atoms with Gasteiger partial charge in [0, 0.05) is 56.5 Å². The predicted molar refractivity (Wildman–Crippen MR) is 205 cm³/mol. The molecule has 0 saturated heterocycles. The molecule has 0 fully saturated rings. The van der Waals surface area contributed by atoms with Crippen molar-refractivity contribution in [3.63, 3.8) is 0 Å². The third kappa shape index (κ3) is 5.07. The third-order valence-corrected chi connectivity index (χ3v) is 9.19. The quantitative estimate of drug-likeness (QED) is 0.175. The molecule has 49 heavy (non-hydrogen) atoms. The van der Waals surface area contributed by atoms with Crippen molar-refractivity contribution in [3.05, 3.63) is 194 Å². The smallest absolute Gasteiger partial charge is 0.0723 e. The molecule has 0 aliphatic heterocycles. The summed E-state index contributed by atoms with van der Waals surface area (Å²) in [6.07, 6.45) is 1.86. The highest BCUT2D eigenvalue weighted by Gasteiger charge is 2.20. The molecule has 0 radical (unpaired) electrons. The molecule has 232 valence electrons. The van der Waals surface area contributed by atoms with Gasteiger partial charge < -0.3 is 14.4 Å². The zero-order valence-electron chi connectivity index (χ0n) is 26.8. The number of aromatic nitrogens is 2. The molecule has 4 heteroatoms. The van der Waals surface area contributed by atoms with Gasteiger partial charge >= 0.3 is 0 Å². The molecule has 0 spiro atoms. The molecule has 7 aromatic carbocycles. The predicted octanol–water partition coefficient (Wildman–Crippen LogP) is 12.3. The number of fused-ring (bicyclic) bond motifs is 4. The van der Waals surface area contributed by atoms with Crippen LogP contribution in [0.5, 0.6) is 0 Å². The number of hydrogen-bond acceptors (Lipinski definition) is 3. The van der Waals surface area contributed by atoms with Gasteiger partial charge in [0.2, 0.25) is 0 Å². The molecule has 4 nitrogen and oxygen atoms in total. The second kappa shape index (κ2) is 12.2. The maximum absolute atomic E-state index is 4.71. The van der Waals surface area contributed by atoms with Crippen LogP contribution in [0.3, 0.4) is 0 Å². The normalized spacial score (nSPS) is 11.3. The number of nitrogens with zero attached hydrogens (tertiary/aromatic N) is 4. The maximum atomic E-state index is 4.71. The molecule has 0 aliphatic carbocycles. The van der Waals surface area contributed by atoms with Gasteiger partial charge in [-0.25, -0.2) is 0 Å². The van der Waals surface area contributed by atoms with Gasteiger partial charge in [0.05, 0.1) is 22.2 Å². The van der Waals surface area contributed by atoms with Crippen LogP contribution in [0.2, 0.25) is 0 Å². The molecule has 9 rings (SSSR count). The third-order valence-electron chi connectivity index (χ3n) is 9.19. The first-order valence-electron chi connectivity index (χ1n) is 16.6. The van der Waals surface area contributed by atoms with Crippen LogP contribution < -0.4 is 9.80 Å². The first-order valence-corrected chi connectivity index (χ1v) is 16.6. The summed E-state index contributed by atoms with van der Waals surface area (Å²) in [6, 6.07) is 66.6. The van der Waals surface area contributed by atoms with Gasteiger partial charge in [-0.3, -0.25) is 4.98 Å². The van der Waals surface area contributed by atoms with Crippen molar-refractivity contribution in [2.75, 3.05) is 9.80 Å². The number of benzene rings is 7. The molecular weight excluding hydrogens is 597 g/mol. The van der Waals surface area contributed by atoms with Crippen LogP contribution in [0.1, 0.15) is 0 Å². The van der Waals surface area contributed by atoms with Crippen molar-refractivity contribution in [3.8, 4) is 5.69 Å². The largest absolute Gasteiger partial charge is 0.311 e. The Labute approximate surface area is 285 Å². The van der Waals surface area contributed by atoms with Gasteiger partial charge in [-0.2, -0.15) is 0 Å². The van der Waals surface area contributed by atoms with E-state index in [0.717, 1.165) is 50.7 Å². The summed E-state index contributed by atoms with van der Waals surface area (Å²) in [5.74, 6) is 0. The van der Waals surface area contributed by atoms with Crippen molar-refractivity contribution >= 4 is 66.8 Å². The van der Waals surface area contributed by atoms with E-state index in [0.29, 0.717) is 0 Å². The lowest BCUT2D eigenvalue weighted by molar-refractivity contribution is 1.18. The Balaban J connectivity index is 1.23. The van der Waals surface area contributed by atoms with E-state index in [9.17, 15) is 0 Å². The summed E-state index contributed by atoms with van der Waals surface area (Å²) in [4.78, 5) is 9.36. The van der Waals surface area contributed by atoms with Gasteiger partial charge in [-0.15, -0.1) is 0 Å². The molecule has 2 heterocycles. The summed E-state index contributed by atoms with van der Waals surface area (Å²) >= 11 is 0. The Morgan fingerprint density at radius 3 is 1.63 bits per heavy atom. The average Bonchev–Trinajstić information content (AvgIpc) is 3.51. The Morgan fingerprint density at radius 1 is 0.367 bits per heavy atom. The van der Waals surface area contributed by atoms with Crippen molar-refractivity contribution < 1.29 is 0 Å². The summed E-state index contributed by atoms with van der Waals surface area (Å²) in [5, 5.41) is 3.52. The molecule has 0 unspecified atom stereocenters. The SMILES string of the molecule is c1ccc(N(c2ccccc2)c2ccc(N(c3ccc4c(c3)c3ccccc3n4-c3ccccc3)c3cccc4ncccc34)cc2)cc1. The fourth-order valence-corrected chi connectivity index (χ4v) is 7.02. The zero-order valence-corrected chi connectivity index (χ0v) is 26.8. The Kier molecular flexibility index (Phi) is 7.10. The fourth-order valence-electron chi connectivity index (χ4n) is 7.02. The summed E-state index contributed by atoms with van der Waals surface area (Å²) in [5.41, 5.74) is 11.0. The van der Waals surface area contributed by atoms with E-state index in [1.54, 1.807) is 0 Å². The number of pyridine rings is 1. The molecule has 9 aromatic rings. The zero-order chi connectivity index (χ0) is 32.6. The number of para-hydroxylation sites is 4. The van der Waals surface area contributed by atoms with Crippen LogP contribution in [-0.2, 0) is 0 Å². The lowest BCUT2D eigenvalue weighted by Crippen LogP contribution is -2.12. The monoisotopic (exact) mass is 628 g/mol. The molecule has 0 atom stereocenters. The lowest BCUT2D eigenvalue weighted by Gasteiger charge is -2.29. The molecule has 0 amide bonds. The van der Waals surface area contributed by atoms with E-state index < -0.39 is 0 Å². The fraction of sp³-hybridized carbons (Fsp3) is 0. The molecule has 0 N–H and O–H groups in total. The summed E-state index contributed by atoms with van der Waals surface area (Å²) in [7, 11) is 0. The van der Waals surface area contributed by atoms with Gasteiger partial charge in [-0.05, 0) is 109 Å². The van der Waals surface area contributed by atoms with Crippen LogP contribution in [0.25, 0.3) is 38.4 Å². The van der Waals surface area contributed by atoms with Crippen molar-refractivity contribution in [1.29, 1.82) is 0 Å². The molecule has 0 bridgehead atoms. The second-order valence-corrected chi connectivity index (χ2v) is 12.1. The van der Waals surface area contributed by atoms with Crippen LogP contribution in [0, 0.1) is 0 Å². The maximum Gasteiger partial charge on any atom is 0.0723 e. The second-order valence-electron chi connectivity index (χ2n) is 12.1. The number of hydrogen-bond donors (Lipinski definition) is 0. The highest BCUT2D eigenvalue weighted by molar-refractivity contribution is 6.11. The van der Waals surface area contributed by atoms with E-state index in [4.69, 9.17) is 4.98 Å². The minimum absolute atomic E-state index is 0.961. The lowest BCUT2D eigenvalue weighted by atomic mass is 10.1. The van der Waals surface area contributed by atoms with Crippen molar-refractivity contribution in [2.24, 2.45) is 0 Å². The average molecular weight is 629 g/mol. The number of rotatable bonds is 7. The molecule has 0 saturated carbocycles. The van der Waals surface area contributed by atoms with Gasteiger partial charge in [-0.1, -0.05) is 78.9 Å². The van der Waals surface area contributed by atoms with Gasteiger partial charge in [0.25, 0.3) is 0 Å². The topological polar surface area (TPSA) is 24.3 Å². The van der Waals surface area contributed by atoms with E-state index >= 15 is 0 Å². The molecule has 2 aromatic heterocycles. The number of anilines is 6. The van der Waals surface area contributed by atoms with E-state index in [1.807, 2.05) is 12.3 Å². The van der Waals surface area contributed by atoms with E-state index in [1.165, 1.54) is 21.8 Å². The first kappa shape index (κ1) is 28.6. The highest BCUT2D eigenvalue weighted by atomic mass is 15.2. The van der Waals surface area contributed by atoms with E-state index in [-0.39, 0.29) is 0 Å². The van der Waals surface area contributed by atoms with Crippen LogP contribution >= 0.6 is 0 Å². The van der Waals surface area contributed by atoms with Crippen LogP contribution in [-0.4, -0.2) is 9.55 Å². The van der Waals surface area contributed by atoms with Crippen molar-refractivity contribution in [1.82, 2.24) is 9.55 Å². The van der Waals surface area contributed by atoms with Crippen molar-refractivity contribution in [2.45, 2.75) is 0 Å². The standard InChI is InChI=1S/C45H32N4/c1-4-14-33(15-5-1)47(34-16-6-2-7-17-34)36-25-27-37(28-26-36)48(44-24-12-22-42-40(44)21-13-31-46-42)38-29-30-45-41(32-38)39-20-10-11-23-43(39)49(45)35-18-8-3-9-19-35/h1-32H.